The van der Waals surface area contributed by atoms with Gasteiger partial charge in [-0.3, -0.25) is 4.79 Å². The third-order valence-corrected chi connectivity index (χ3v) is 8.76. The van der Waals surface area contributed by atoms with Crippen LogP contribution >= 0.6 is 11.3 Å². The molecule has 1 N–H and O–H groups in total. The average molecular weight is 521 g/mol. The Hall–Kier alpha value is -3.04. The van der Waals surface area contributed by atoms with E-state index < -0.39 is 0 Å². The Kier molecular flexibility index (Phi) is 8.00. The molecular formula is C28H36N6O2S. The molecular weight excluding hydrogens is 484 g/mol. The van der Waals surface area contributed by atoms with Crippen molar-refractivity contribution in [3.63, 3.8) is 0 Å². The van der Waals surface area contributed by atoms with Crippen LogP contribution in [0.25, 0.3) is 10.6 Å². The van der Waals surface area contributed by atoms with E-state index in [0.717, 1.165) is 84.5 Å². The minimum absolute atomic E-state index is 0.151. The zero-order valence-corrected chi connectivity index (χ0v) is 22.7. The van der Waals surface area contributed by atoms with Gasteiger partial charge in [-0.1, -0.05) is 17.4 Å². The smallest absolute Gasteiger partial charge is 0.225 e. The molecule has 3 aromatic rings. The number of pyridine rings is 2. The second kappa shape index (κ2) is 11.6. The fraction of sp³-hybridized carbons (Fsp3) is 0.500. The summed E-state index contributed by atoms with van der Waals surface area (Å²) < 4.78 is 5.45. The number of carbonyl (C=O) groups excluding carboxylic acids is 1. The predicted octanol–water partition coefficient (Wildman–Crippen LogP) is 5.28. The number of rotatable bonds is 7. The molecule has 0 aromatic carbocycles. The summed E-state index contributed by atoms with van der Waals surface area (Å²) in [4.78, 5) is 32.3. The van der Waals surface area contributed by atoms with E-state index in [9.17, 15) is 4.79 Å². The Bertz CT molecular complexity index is 1200. The van der Waals surface area contributed by atoms with Gasteiger partial charge in [-0.15, -0.1) is 0 Å². The van der Waals surface area contributed by atoms with E-state index in [-0.39, 0.29) is 5.92 Å². The third-order valence-electron chi connectivity index (χ3n) is 7.65. The van der Waals surface area contributed by atoms with Gasteiger partial charge in [0.1, 0.15) is 11.6 Å². The molecule has 2 aliphatic rings. The van der Waals surface area contributed by atoms with Crippen LogP contribution in [0.3, 0.4) is 0 Å². The summed E-state index contributed by atoms with van der Waals surface area (Å²) in [5, 5.41) is 4.28. The van der Waals surface area contributed by atoms with Crippen molar-refractivity contribution in [2.45, 2.75) is 57.6 Å². The monoisotopic (exact) mass is 520 g/mol. The lowest BCUT2D eigenvalue weighted by molar-refractivity contribution is -0.139. The van der Waals surface area contributed by atoms with E-state index in [1.165, 1.54) is 0 Å². The summed E-state index contributed by atoms with van der Waals surface area (Å²) in [7, 11) is 3.89. The third kappa shape index (κ3) is 6.10. The first-order valence-electron chi connectivity index (χ1n) is 13.2. The molecule has 0 bridgehead atoms. The highest BCUT2D eigenvalue weighted by Gasteiger charge is 2.33. The molecule has 0 atom stereocenters. The highest BCUT2D eigenvalue weighted by Crippen LogP contribution is 2.35. The molecule has 9 heteroatoms. The van der Waals surface area contributed by atoms with E-state index >= 15 is 0 Å². The Labute approximate surface area is 223 Å². The lowest BCUT2D eigenvalue weighted by Crippen LogP contribution is -2.45. The molecule has 37 heavy (non-hydrogen) atoms. The number of anilines is 3. The standard InChI is InChI=1S/C28H36N6O2S/c1-19-11-14-29-26(17-19)32-25-6-4-5-23(31-25)24-18-30-28(37-24)33(2)21-9-7-20(8-10-21)27(35)34-15-12-22(36-3)13-16-34/h4-6,11,14,17-18,20-22H,7-10,12-13,15-16H2,1-3H3,(H,29,31,32). The molecule has 196 valence electrons. The molecule has 1 saturated heterocycles. The van der Waals surface area contributed by atoms with Gasteiger partial charge in [0.05, 0.1) is 16.7 Å². The van der Waals surface area contributed by atoms with Crippen molar-refractivity contribution < 1.29 is 9.53 Å². The molecule has 0 spiro atoms. The number of aromatic nitrogens is 3. The number of carbonyl (C=O) groups is 1. The quantitative estimate of drug-likeness (QED) is 0.453. The minimum atomic E-state index is 0.151. The van der Waals surface area contributed by atoms with Crippen LogP contribution in [0.2, 0.25) is 0 Å². The van der Waals surface area contributed by atoms with Crippen molar-refractivity contribution in [1.29, 1.82) is 0 Å². The second-order valence-corrected chi connectivity index (χ2v) is 11.1. The van der Waals surface area contributed by atoms with Crippen LogP contribution in [-0.4, -0.2) is 65.2 Å². The molecule has 0 unspecified atom stereocenters. The highest BCUT2D eigenvalue weighted by atomic mass is 32.1. The van der Waals surface area contributed by atoms with Gasteiger partial charge in [0.15, 0.2) is 5.13 Å². The number of likely N-dealkylation sites (tertiary alicyclic amines) is 1. The number of nitrogens with zero attached hydrogens (tertiary/aromatic N) is 5. The predicted molar refractivity (Wildman–Crippen MR) is 148 cm³/mol. The summed E-state index contributed by atoms with van der Waals surface area (Å²) in [6, 6.07) is 10.3. The Morgan fingerprint density at radius 1 is 1.08 bits per heavy atom. The molecule has 3 aromatic heterocycles. The highest BCUT2D eigenvalue weighted by molar-refractivity contribution is 7.18. The van der Waals surface area contributed by atoms with Gasteiger partial charge in [-0.2, -0.15) is 0 Å². The van der Waals surface area contributed by atoms with Crippen LogP contribution in [0.15, 0.2) is 42.7 Å². The summed E-state index contributed by atoms with van der Waals surface area (Å²) in [6.07, 6.45) is 9.81. The lowest BCUT2D eigenvalue weighted by Gasteiger charge is -2.38. The number of nitrogens with one attached hydrogen (secondary N) is 1. The van der Waals surface area contributed by atoms with Crippen LogP contribution in [0.1, 0.15) is 44.1 Å². The van der Waals surface area contributed by atoms with Gasteiger partial charge >= 0.3 is 0 Å². The van der Waals surface area contributed by atoms with Gasteiger partial charge in [0, 0.05) is 51.6 Å². The Morgan fingerprint density at radius 3 is 2.59 bits per heavy atom. The molecule has 1 saturated carbocycles. The Balaban J connectivity index is 1.17. The normalized spacial score (nSPS) is 20.6. The summed E-state index contributed by atoms with van der Waals surface area (Å²) >= 11 is 1.66. The fourth-order valence-electron chi connectivity index (χ4n) is 5.36. The molecule has 8 nitrogen and oxygen atoms in total. The fourth-order valence-corrected chi connectivity index (χ4v) is 6.28. The number of methoxy groups -OCH3 is 1. The average Bonchev–Trinajstić information content (AvgIpc) is 3.43. The van der Waals surface area contributed by atoms with Gasteiger partial charge in [-0.05, 0) is 75.3 Å². The summed E-state index contributed by atoms with van der Waals surface area (Å²) in [6.45, 7) is 3.69. The number of ether oxygens (including phenoxy) is 1. The summed E-state index contributed by atoms with van der Waals surface area (Å²) in [5.41, 5.74) is 2.04. The van der Waals surface area contributed by atoms with Crippen LogP contribution in [0.5, 0.6) is 0 Å². The van der Waals surface area contributed by atoms with E-state index in [1.54, 1.807) is 24.6 Å². The van der Waals surface area contributed by atoms with Crippen molar-refractivity contribution in [3.8, 4) is 10.6 Å². The van der Waals surface area contributed by atoms with Crippen molar-refractivity contribution in [2.24, 2.45) is 5.92 Å². The van der Waals surface area contributed by atoms with E-state index in [2.05, 4.69) is 27.1 Å². The number of amides is 1. The van der Waals surface area contributed by atoms with Gasteiger partial charge < -0.3 is 19.9 Å². The van der Waals surface area contributed by atoms with E-state index in [1.807, 2.05) is 43.5 Å². The molecule has 1 aliphatic heterocycles. The van der Waals surface area contributed by atoms with Crippen LogP contribution in [0.4, 0.5) is 16.8 Å². The lowest BCUT2D eigenvalue weighted by atomic mass is 9.84. The number of thiazole rings is 1. The maximum Gasteiger partial charge on any atom is 0.225 e. The SMILES string of the molecule is COC1CCN(C(=O)C2CCC(N(C)c3ncc(-c4cccc(Nc5cc(C)ccn5)n4)s3)CC2)CC1. The molecule has 0 radical (unpaired) electrons. The largest absolute Gasteiger partial charge is 0.381 e. The van der Waals surface area contributed by atoms with Gasteiger partial charge in [-0.25, -0.2) is 15.0 Å². The van der Waals surface area contributed by atoms with Gasteiger partial charge in [0.2, 0.25) is 5.91 Å². The maximum atomic E-state index is 13.1. The molecule has 2 fully saturated rings. The van der Waals surface area contributed by atoms with Crippen molar-refractivity contribution in [3.05, 3.63) is 48.3 Å². The first kappa shape index (κ1) is 25.6. The van der Waals surface area contributed by atoms with E-state index in [0.29, 0.717) is 18.1 Å². The first-order chi connectivity index (χ1) is 18.0. The van der Waals surface area contributed by atoms with Crippen molar-refractivity contribution in [1.82, 2.24) is 19.9 Å². The van der Waals surface area contributed by atoms with Crippen molar-refractivity contribution >= 4 is 34.0 Å². The van der Waals surface area contributed by atoms with Crippen molar-refractivity contribution in [2.75, 3.05) is 37.5 Å². The maximum absolute atomic E-state index is 13.1. The van der Waals surface area contributed by atoms with E-state index in [4.69, 9.17) is 14.7 Å². The zero-order valence-electron chi connectivity index (χ0n) is 21.9. The number of aryl methyl sites for hydroxylation is 1. The molecule has 4 heterocycles. The molecule has 5 rings (SSSR count). The zero-order chi connectivity index (χ0) is 25.8. The molecule has 1 aliphatic carbocycles. The number of piperidine rings is 1. The second-order valence-electron chi connectivity index (χ2n) is 10.1. The minimum Gasteiger partial charge on any atom is -0.381 e. The van der Waals surface area contributed by atoms with Crippen LogP contribution in [0, 0.1) is 12.8 Å². The summed E-state index contributed by atoms with van der Waals surface area (Å²) in [5.74, 6) is 2.03. The van der Waals surface area contributed by atoms with Crippen LogP contribution in [-0.2, 0) is 9.53 Å². The number of hydrogen-bond acceptors (Lipinski definition) is 8. The molecule has 1 amide bonds. The van der Waals surface area contributed by atoms with Gasteiger partial charge in [0.25, 0.3) is 0 Å². The topological polar surface area (TPSA) is 83.5 Å². The van der Waals surface area contributed by atoms with Crippen LogP contribution < -0.4 is 10.2 Å². The Morgan fingerprint density at radius 2 is 1.86 bits per heavy atom. The first-order valence-corrected chi connectivity index (χ1v) is 14.0. The number of hydrogen-bond donors (Lipinski definition) is 1.